The lowest BCUT2D eigenvalue weighted by molar-refractivity contribution is -0.137. The van der Waals surface area contributed by atoms with Crippen molar-refractivity contribution >= 4 is 22.7 Å². The van der Waals surface area contributed by atoms with Crippen LogP contribution in [-0.4, -0.2) is 65.9 Å². The number of hydrogen-bond acceptors (Lipinski definition) is 3. The molecular formula is C22H29FN4O2. The topological polar surface area (TPSA) is 68.4 Å². The van der Waals surface area contributed by atoms with Crippen molar-refractivity contribution in [3.8, 4) is 0 Å². The third-order valence-electron chi connectivity index (χ3n) is 6.26. The van der Waals surface area contributed by atoms with Crippen molar-refractivity contribution in [2.75, 3.05) is 39.3 Å². The van der Waals surface area contributed by atoms with Gasteiger partial charge in [0.1, 0.15) is 11.5 Å². The van der Waals surface area contributed by atoms with E-state index in [2.05, 4.69) is 15.2 Å². The molecule has 0 bridgehead atoms. The number of rotatable bonds is 5. The summed E-state index contributed by atoms with van der Waals surface area (Å²) < 4.78 is 13.5. The molecule has 2 fully saturated rings. The molecule has 1 aromatic heterocycles. The number of aryl methyl sites for hydroxylation is 1. The zero-order valence-electron chi connectivity index (χ0n) is 17.0. The molecule has 29 heavy (non-hydrogen) atoms. The summed E-state index contributed by atoms with van der Waals surface area (Å²) in [6.45, 7) is 6.37. The molecule has 2 aromatic rings. The Hall–Kier alpha value is -2.41. The standard InChI is InChI=1S/C22H29FN4O2/c1-15-12-17(23)13-19-18(15)14-20(25-19)21(28)24-6-7-26-8-10-27(11-9-26)22(29)16-4-2-3-5-16/h12-14,16,25H,2-11H2,1H3,(H,24,28). The second kappa shape index (κ2) is 8.53. The van der Waals surface area contributed by atoms with Crippen molar-refractivity contribution in [1.29, 1.82) is 0 Å². The molecule has 156 valence electrons. The number of carbonyl (C=O) groups is 2. The van der Waals surface area contributed by atoms with Crippen LogP contribution in [0.5, 0.6) is 0 Å². The van der Waals surface area contributed by atoms with E-state index in [0.717, 1.165) is 56.5 Å². The summed E-state index contributed by atoms with van der Waals surface area (Å²) in [7, 11) is 0. The van der Waals surface area contributed by atoms with Gasteiger partial charge in [-0.05, 0) is 43.5 Å². The number of fused-ring (bicyclic) bond motifs is 1. The van der Waals surface area contributed by atoms with Gasteiger partial charge in [-0.1, -0.05) is 12.8 Å². The first kappa shape index (κ1) is 19.9. The van der Waals surface area contributed by atoms with Crippen molar-refractivity contribution in [3.63, 3.8) is 0 Å². The second-order valence-electron chi connectivity index (χ2n) is 8.27. The van der Waals surface area contributed by atoms with Crippen LogP contribution in [-0.2, 0) is 4.79 Å². The molecule has 2 N–H and O–H groups in total. The molecule has 4 rings (SSSR count). The number of nitrogens with one attached hydrogen (secondary N) is 2. The number of halogens is 1. The van der Waals surface area contributed by atoms with E-state index >= 15 is 0 Å². The molecule has 1 saturated carbocycles. The first-order valence-corrected chi connectivity index (χ1v) is 10.6. The summed E-state index contributed by atoms with van der Waals surface area (Å²) >= 11 is 0. The van der Waals surface area contributed by atoms with Gasteiger partial charge in [-0.25, -0.2) is 4.39 Å². The summed E-state index contributed by atoms with van der Waals surface area (Å²) in [5, 5.41) is 3.79. The zero-order valence-corrected chi connectivity index (χ0v) is 17.0. The molecule has 1 aliphatic heterocycles. The lowest BCUT2D eigenvalue weighted by atomic mass is 10.1. The fourth-order valence-corrected chi connectivity index (χ4v) is 4.54. The van der Waals surface area contributed by atoms with Crippen molar-refractivity contribution < 1.29 is 14.0 Å². The van der Waals surface area contributed by atoms with Crippen molar-refractivity contribution in [3.05, 3.63) is 35.3 Å². The highest BCUT2D eigenvalue weighted by Gasteiger charge is 2.29. The number of H-pyrrole nitrogens is 1. The third-order valence-corrected chi connectivity index (χ3v) is 6.26. The molecule has 2 aliphatic rings. The Kier molecular flexibility index (Phi) is 5.85. The lowest BCUT2D eigenvalue weighted by Crippen LogP contribution is -2.51. The molecule has 0 unspecified atom stereocenters. The first-order chi connectivity index (χ1) is 14.0. The number of amides is 2. The second-order valence-corrected chi connectivity index (χ2v) is 8.27. The van der Waals surface area contributed by atoms with Gasteiger partial charge in [-0.2, -0.15) is 0 Å². The van der Waals surface area contributed by atoms with Crippen LogP contribution in [0, 0.1) is 18.7 Å². The number of carbonyl (C=O) groups excluding carboxylic acids is 2. The van der Waals surface area contributed by atoms with Gasteiger partial charge in [-0.3, -0.25) is 14.5 Å². The van der Waals surface area contributed by atoms with E-state index in [-0.39, 0.29) is 17.6 Å². The molecule has 2 heterocycles. The molecule has 0 radical (unpaired) electrons. The average molecular weight is 400 g/mol. The lowest BCUT2D eigenvalue weighted by Gasteiger charge is -2.36. The van der Waals surface area contributed by atoms with Gasteiger partial charge in [0.05, 0.1) is 0 Å². The molecule has 7 heteroatoms. The Morgan fingerprint density at radius 1 is 1.14 bits per heavy atom. The summed E-state index contributed by atoms with van der Waals surface area (Å²) in [5.74, 6) is 0.0840. The summed E-state index contributed by atoms with van der Waals surface area (Å²) in [6.07, 6.45) is 4.46. The predicted molar refractivity (Wildman–Crippen MR) is 110 cm³/mol. The molecule has 1 aromatic carbocycles. The number of benzene rings is 1. The number of hydrogen-bond donors (Lipinski definition) is 2. The van der Waals surface area contributed by atoms with Gasteiger partial charge in [0, 0.05) is 56.1 Å². The third kappa shape index (κ3) is 4.45. The zero-order chi connectivity index (χ0) is 20.4. The summed E-state index contributed by atoms with van der Waals surface area (Å²) in [6, 6.07) is 4.65. The van der Waals surface area contributed by atoms with Crippen LogP contribution in [0.25, 0.3) is 10.9 Å². The van der Waals surface area contributed by atoms with E-state index in [1.807, 2.05) is 11.8 Å². The Morgan fingerprint density at radius 2 is 1.86 bits per heavy atom. The maximum atomic E-state index is 13.5. The minimum Gasteiger partial charge on any atom is -0.350 e. The van der Waals surface area contributed by atoms with E-state index in [1.54, 1.807) is 6.07 Å². The normalized spacial score (nSPS) is 18.5. The fourth-order valence-electron chi connectivity index (χ4n) is 4.54. The SMILES string of the molecule is Cc1cc(F)cc2[nH]c(C(=O)NCCN3CCN(C(=O)C4CCCC4)CC3)cc12. The van der Waals surface area contributed by atoms with E-state index < -0.39 is 0 Å². The van der Waals surface area contributed by atoms with Crippen molar-refractivity contribution in [1.82, 2.24) is 20.1 Å². The van der Waals surface area contributed by atoms with Gasteiger partial charge in [0.15, 0.2) is 0 Å². The highest BCUT2D eigenvalue weighted by atomic mass is 19.1. The van der Waals surface area contributed by atoms with E-state index in [9.17, 15) is 14.0 Å². The maximum absolute atomic E-state index is 13.5. The summed E-state index contributed by atoms with van der Waals surface area (Å²) in [5.41, 5.74) is 1.89. The Balaban J connectivity index is 1.23. The molecule has 0 atom stereocenters. The Morgan fingerprint density at radius 3 is 2.59 bits per heavy atom. The highest BCUT2D eigenvalue weighted by Crippen LogP contribution is 2.27. The fraction of sp³-hybridized carbons (Fsp3) is 0.545. The largest absolute Gasteiger partial charge is 0.350 e. The highest BCUT2D eigenvalue weighted by molar-refractivity contribution is 5.98. The number of nitrogens with zero attached hydrogens (tertiary/aromatic N) is 2. The minimum absolute atomic E-state index is 0.184. The molecule has 6 nitrogen and oxygen atoms in total. The van der Waals surface area contributed by atoms with E-state index in [4.69, 9.17) is 0 Å². The van der Waals surface area contributed by atoms with Crippen LogP contribution in [0.1, 0.15) is 41.7 Å². The molecule has 0 spiro atoms. The number of aromatic nitrogens is 1. The minimum atomic E-state index is -0.311. The smallest absolute Gasteiger partial charge is 0.267 e. The molecule has 2 amide bonds. The van der Waals surface area contributed by atoms with Crippen molar-refractivity contribution in [2.45, 2.75) is 32.6 Å². The molecular weight excluding hydrogens is 371 g/mol. The number of piperazine rings is 1. The Bertz CT molecular complexity index is 896. The van der Waals surface area contributed by atoms with Gasteiger partial charge >= 0.3 is 0 Å². The van der Waals surface area contributed by atoms with Crippen LogP contribution in [0.15, 0.2) is 18.2 Å². The van der Waals surface area contributed by atoms with Gasteiger partial charge in [-0.15, -0.1) is 0 Å². The quantitative estimate of drug-likeness (QED) is 0.811. The predicted octanol–water partition coefficient (Wildman–Crippen LogP) is 2.68. The van der Waals surface area contributed by atoms with Crippen LogP contribution >= 0.6 is 0 Å². The van der Waals surface area contributed by atoms with E-state index in [1.165, 1.54) is 25.0 Å². The van der Waals surface area contributed by atoms with Crippen LogP contribution in [0.4, 0.5) is 4.39 Å². The van der Waals surface area contributed by atoms with E-state index in [0.29, 0.717) is 23.7 Å². The van der Waals surface area contributed by atoms with Crippen LogP contribution < -0.4 is 5.32 Å². The van der Waals surface area contributed by atoms with Gasteiger partial charge in [0.2, 0.25) is 5.91 Å². The van der Waals surface area contributed by atoms with Crippen molar-refractivity contribution in [2.24, 2.45) is 5.92 Å². The van der Waals surface area contributed by atoms with Crippen LogP contribution in [0.3, 0.4) is 0 Å². The average Bonchev–Trinajstić information content (AvgIpc) is 3.38. The summed E-state index contributed by atoms with van der Waals surface area (Å²) in [4.78, 5) is 32.2. The number of aromatic amines is 1. The monoisotopic (exact) mass is 400 g/mol. The Labute approximate surface area is 170 Å². The van der Waals surface area contributed by atoms with Crippen LogP contribution in [0.2, 0.25) is 0 Å². The molecule has 1 saturated heterocycles. The van der Waals surface area contributed by atoms with Gasteiger partial charge in [0.25, 0.3) is 5.91 Å². The maximum Gasteiger partial charge on any atom is 0.267 e. The molecule has 1 aliphatic carbocycles. The first-order valence-electron chi connectivity index (χ1n) is 10.6. The van der Waals surface area contributed by atoms with Gasteiger partial charge < -0.3 is 15.2 Å².